The Bertz CT molecular complexity index is 1530. The van der Waals surface area contributed by atoms with Crippen LogP contribution >= 0.6 is 11.3 Å². The summed E-state index contributed by atoms with van der Waals surface area (Å²) in [7, 11) is 7.69. The highest BCUT2D eigenvalue weighted by Gasteiger charge is 2.21. The highest BCUT2D eigenvalue weighted by molar-refractivity contribution is 7.22. The molecule has 35 heavy (non-hydrogen) atoms. The minimum absolute atomic E-state index is 0.0856. The molecule has 0 fully saturated rings. The number of carbonyl (C=O) groups excluding carboxylic acids is 1. The van der Waals surface area contributed by atoms with Gasteiger partial charge in [-0.2, -0.15) is 0 Å². The van der Waals surface area contributed by atoms with Gasteiger partial charge in [0.1, 0.15) is 0 Å². The molecule has 0 aliphatic carbocycles. The van der Waals surface area contributed by atoms with Crippen LogP contribution in [0.1, 0.15) is 16.3 Å². The molecule has 0 unspecified atom stereocenters. The normalized spacial score (nSPS) is 11.6. The van der Waals surface area contributed by atoms with Crippen LogP contribution in [0, 0.1) is 6.92 Å². The number of hydrogen-bond acceptors (Lipinski definition) is 6. The van der Waals surface area contributed by atoms with Crippen molar-refractivity contribution in [2.75, 3.05) is 39.5 Å². The van der Waals surface area contributed by atoms with Gasteiger partial charge in [-0.1, -0.05) is 0 Å². The fourth-order valence-electron chi connectivity index (χ4n) is 4.13. The topological polar surface area (TPSA) is 82.1 Å². The average Bonchev–Trinajstić information content (AvgIpc) is 3.52. The van der Waals surface area contributed by atoms with Crippen molar-refractivity contribution in [2.45, 2.75) is 6.92 Å². The number of carbonyl (C=O) groups is 1. The number of hydrogen-bond donors (Lipinski definition) is 2. The molecule has 0 aliphatic heterocycles. The van der Waals surface area contributed by atoms with Crippen LogP contribution in [0.2, 0.25) is 0 Å². The van der Waals surface area contributed by atoms with Crippen LogP contribution in [0.3, 0.4) is 0 Å². The van der Waals surface area contributed by atoms with Crippen molar-refractivity contribution in [1.82, 2.24) is 29.3 Å². The first-order valence-electron chi connectivity index (χ1n) is 11.5. The SMILES string of the molecule is Cc1cc2cc(Nc3ccnc4cc(-c5cnc(C(=O)N(C)CCN(C)C)n5C)sc34)ccc2[nH]1. The molecule has 9 heteroatoms. The molecule has 0 bridgehead atoms. The third-order valence-electron chi connectivity index (χ3n) is 6.11. The van der Waals surface area contributed by atoms with E-state index in [2.05, 4.69) is 62.4 Å². The van der Waals surface area contributed by atoms with E-state index in [1.165, 1.54) is 5.39 Å². The van der Waals surface area contributed by atoms with Crippen LogP contribution in [0.25, 0.3) is 31.7 Å². The van der Waals surface area contributed by atoms with Crippen molar-refractivity contribution in [1.29, 1.82) is 0 Å². The molecule has 8 nitrogen and oxygen atoms in total. The first-order chi connectivity index (χ1) is 16.8. The van der Waals surface area contributed by atoms with Crippen molar-refractivity contribution in [3.05, 3.63) is 60.3 Å². The lowest BCUT2D eigenvalue weighted by Crippen LogP contribution is -2.34. The minimum atomic E-state index is -0.0856. The van der Waals surface area contributed by atoms with Gasteiger partial charge >= 0.3 is 0 Å². The Balaban J connectivity index is 1.43. The predicted octanol–water partition coefficient (Wildman–Crippen LogP) is 4.86. The largest absolute Gasteiger partial charge is 0.359 e. The second-order valence-electron chi connectivity index (χ2n) is 9.12. The van der Waals surface area contributed by atoms with E-state index in [4.69, 9.17) is 0 Å². The first-order valence-corrected chi connectivity index (χ1v) is 12.3. The molecule has 0 saturated carbocycles. The highest BCUT2D eigenvalue weighted by atomic mass is 32.1. The molecule has 0 aliphatic rings. The van der Waals surface area contributed by atoms with E-state index in [0.717, 1.165) is 49.9 Å². The number of nitrogens with one attached hydrogen (secondary N) is 2. The summed E-state index contributed by atoms with van der Waals surface area (Å²) >= 11 is 1.64. The lowest BCUT2D eigenvalue weighted by atomic mass is 10.2. The number of imidazole rings is 1. The Morgan fingerprint density at radius 1 is 1.11 bits per heavy atom. The van der Waals surface area contributed by atoms with Crippen molar-refractivity contribution < 1.29 is 4.79 Å². The maximum Gasteiger partial charge on any atom is 0.289 e. The number of H-pyrrole nitrogens is 1. The number of rotatable bonds is 7. The Kier molecular flexibility index (Phi) is 6.04. The number of aromatic amines is 1. The number of pyridine rings is 1. The number of aryl methyl sites for hydroxylation is 1. The van der Waals surface area contributed by atoms with E-state index < -0.39 is 0 Å². The van der Waals surface area contributed by atoms with Gasteiger partial charge in [-0.05, 0) is 57.4 Å². The summed E-state index contributed by atoms with van der Waals surface area (Å²) in [4.78, 5) is 30.1. The number of benzene rings is 1. The number of thiophene rings is 1. The highest BCUT2D eigenvalue weighted by Crippen LogP contribution is 2.38. The summed E-state index contributed by atoms with van der Waals surface area (Å²) < 4.78 is 2.93. The number of aromatic nitrogens is 4. The van der Waals surface area contributed by atoms with Crippen molar-refractivity contribution in [3.63, 3.8) is 0 Å². The molecule has 180 valence electrons. The second-order valence-corrected chi connectivity index (χ2v) is 10.2. The van der Waals surface area contributed by atoms with Crippen LogP contribution < -0.4 is 5.32 Å². The van der Waals surface area contributed by atoms with E-state index in [0.29, 0.717) is 12.4 Å². The fourth-order valence-corrected chi connectivity index (χ4v) is 5.26. The van der Waals surface area contributed by atoms with Gasteiger partial charge in [-0.15, -0.1) is 11.3 Å². The predicted molar refractivity (Wildman–Crippen MR) is 144 cm³/mol. The summed E-state index contributed by atoms with van der Waals surface area (Å²) in [6.45, 7) is 3.50. The third-order valence-corrected chi connectivity index (χ3v) is 7.29. The number of anilines is 2. The van der Waals surface area contributed by atoms with Crippen LogP contribution in [-0.4, -0.2) is 69.5 Å². The maximum atomic E-state index is 12.9. The fraction of sp³-hybridized carbons (Fsp3) is 0.269. The average molecular weight is 488 g/mol. The lowest BCUT2D eigenvalue weighted by Gasteiger charge is -2.19. The summed E-state index contributed by atoms with van der Waals surface area (Å²) in [6.07, 6.45) is 3.59. The Hall–Kier alpha value is -3.69. The van der Waals surface area contributed by atoms with E-state index in [9.17, 15) is 4.79 Å². The van der Waals surface area contributed by atoms with Gasteiger partial charge in [0.25, 0.3) is 5.91 Å². The molecular formula is C26H29N7OS. The quantitative estimate of drug-likeness (QED) is 0.343. The van der Waals surface area contributed by atoms with Crippen LogP contribution in [-0.2, 0) is 7.05 Å². The van der Waals surface area contributed by atoms with E-state index in [-0.39, 0.29) is 5.91 Å². The zero-order chi connectivity index (χ0) is 24.7. The molecule has 5 aromatic rings. The molecule has 5 rings (SSSR count). The molecule has 0 radical (unpaired) electrons. The van der Waals surface area contributed by atoms with E-state index in [1.54, 1.807) is 22.4 Å². The van der Waals surface area contributed by atoms with Gasteiger partial charge in [0.05, 0.1) is 32.7 Å². The van der Waals surface area contributed by atoms with Crippen LogP contribution in [0.4, 0.5) is 11.4 Å². The minimum Gasteiger partial charge on any atom is -0.359 e. The van der Waals surface area contributed by atoms with Gasteiger partial charge < -0.3 is 24.7 Å². The number of nitrogens with zero attached hydrogens (tertiary/aromatic N) is 5. The number of likely N-dealkylation sites (N-methyl/N-ethyl adjacent to an activating group) is 2. The molecule has 2 N–H and O–H groups in total. The van der Waals surface area contributed by atoms with Gasteiger partial charge in [-0.25, -0.2) is 4.98 Å². The monoisotopic (exact) mass is 487 g/mol. The molecule has 1 amide bonds. The summed E-state index contributed by atoms with van der Waals surface area (Å²) in [6, 6.07) is 12.5. The van der Waals surface area contributed by atoms with Crippen LogP contribution in [0.5, 0.6) is 0 Å². The van der Waals surface area contributed by atoms with E-state index in [1.807, 2.05) is 45.0 Å². The smallest absolute Gasteiger partial charge is 0.289 e. The molecule has 4 heterocycles. The zero-order valence-electron chi connectivity index (χ0n) is 20.6. The summed E-state index contributed by atoms with van der Waals surface area (Å²) in [5, 5.41) is 4.73. The number of fused-ring (bicyclic) bond motifs is 2. The first kappa shape index (κ1) is 23.1. The molecular weight excluding hydrogens is 458 g/mol. The molecule has 1 aromatic carbocycles. The maximum absolute atomic E-state index is 12.9. The molecule has 0 atom stereocenters. The Morgan fingerprint density at radius 2 is 1.94 bits per heavy atom. The third kappa shape index (κ3) is 4.52. The number of amides is 1. The second kappa shape index (κ2) is 9.16. The standard InChI is InChI=1S/C26H29N7OS/c1-16-12-17-13-18(6-7-19(17)29-16)30-20-8-9-27-21-14-23(35-24(20)21)22-15-28-25(33(22)5)26(34)32(4)11-10-31(2)3/h6-9,12-15,29H,10-11H2,1-5H3,(H,27,30). The Morgan fingerprint density at radius 3 is 2.74 bits per heavy atom. The summed E-state index contributed by atoms with van der Waals surface area (Å²) in [5.41, 5.74) is 6.09. The van der Waals surface area contributed by atoms with Crippen molar-refractivity contribution >= 4 is 49.7 Å². The van der Waals surface area contributed by atoms with Crippen molar-refractivity contribution in [2.24, 2.45) is 7.05 Å². The van der Waals surface area contributed by atoms with Gasteiger partial charge in [0.15, 0.2) is 5.82 Å². The zero-order valence-corrected chi connectivity index (χ0v) is 21.4. The van der Waals surface area contributed by atoms with Crippen LogP contribution in [0.15, 0.2) is 48.8 Å². The summed E-state index contributed by atoms with van der Waals surface area (Å²) in [5.74, 6) is 0.345. The van der Waals surface area contributed by atoms with Crippen molar-refractivity contribution in [3.8, 4) is 10.6 Å². The Labute approximate surface area is 208 Å². The molecule has 4 aromatic heterocycles. The lowest BCUT2D eigenvalue weighted by molar-refractivity contribution is 0.0771. The molecule has 0 saturated heterocycles. The van der Waals surface area contributed by atoms with Gasteiger partial charge in [0.2, 0.25) is 0 Å². The van der Waals surface area contributed by atoms with E-state index >= 15 is 0 Å². The van der Waals surface area contributed by atoms with Gasteiger partial charge in [0, 0.05) is 55.7 Å². The van der Waals surface area contributed by atoms with Gasteiger partial charge in [-0.3, -0.25) is 9.78 Å². The molecule has 0 spiro atoms.